The number of aromatic amines is 2. The molecule has 0 spiro atoms. The predicted molar refractivity (Wildman–Crippen MR) is 66.1 cm³/mol. The molecule has 17 heavy (non-hydrogen) atoms. The average molecular weight is 229 g/mol. The number of rotatable bonds is 2. The van der Waals surface area contributed by atoms with Gasteiger partial charge in [0.1, 0.15) is 11.9 Å². The first-order valence-electron chi connectivity index (χ1n) is 5.32. The van der Waals surface area contributed by atoms with Crippen LogP contribution in [-0.4, -0.2) is 33.3 Å². The van der Waals surface area contributed by atoms with Gasteiger partial charge in [0, 0.05) is 5.69 Å². The molecule has 0 radical (unpaired) electrons. The molecule has 1 atom stereocenters. The van der Waals surface area contributed by atoms with Gasteiger partial charge >= 0.3 is 5.95 Å². The van der Waals surface area contributed by atoms with Gasteiger partial charge in [-0.05, 0) is 6.92 Å². The molecule has 0 bridgehead atoms. The molecule has 1 aliphatic rings. The van der Waals surface area contributed by atoms with E-state index in [-0.39, 0.29) is 0 Å². The van der Waals surface area contributed by atoms with Gasteiger partial charge in [-0.15, -0.1) is 0 Å². The molecule has 6 nitrogen and oxygen atoms in total. The Morgan fingerprint density at radius 3 is 2.82 bits per heavy atom. The molecule has 0 amide bonds. The van der Waals surface area contributed by atoms with Gasteiger partial charge in [0.05, 0.1) is 31.5 Å². The van der Waals surface area contributed by atoms with Crippen LogP contribution < -0.4 is 4.48 Å². The highest BCUT2D eigenvalue weighted by Crippen LogP contribution is 2.26. The van der Waals surface area contributed by atoms with Crippen molar-refractivity contribution in [3.63, 3.8) is 0 Å². The molecular formula is C11H13N6+. The third kappa shape index (κ3) is 1.58. The summed E-state index contributed by atoms with van der Waals surface area (Å²) in [6, 6.07) is 0. The highest BCUT2D eigenvalue weighted by Gasteiger charge is 2.30. The zero-order valence-electron chi connectivity index (χ0n) is 9.68. The first kappa shape index (κ1) is 9.98. The van der Waals surface area contributed by atoms with Crippen molar-refractivity contribution in [1.82, 2.24) is 24.4 Å². The highest BCUT2D eigenvalue weighted by molar-refractivity contribution is 5.86. The normalized spacial score (nSPS) is 23.1. The summed E-state index contributed by atoms with van der Waals surface area (Å²) >= 11 is 0. The van der Waals surface area contributed by atoms with Crippen LogP contribution in [0.15, 0.2) is 29.9 Å². The lowest BCUT2D eigenvalue weighted by molar-refractivity contribution is 0.647. The Kier molecular flexibility index (Phi) is 1.99. The van der Waals surface area contributed by atoms with Crippen molar-refractivity contribution in [2.75, 3.05) is 7.05 Å². The highest BCUT2D eigenvalue weighted by atomic mass is 15.4. The number of quaternary nitrogens is 1. The maximum atomic E-state index is 4.39. The summed E-state index contributed by atoms with van der Waals surface area (Å²) in [6.07, 6.45) is 9.08. The Labute approximate surface area is 98.3 Å². The summed E-state index contributed by atoms with van der Waals surface area (Å²) in [6.45, 7) is 1.98. The van der Waals surface area contributed by atoms with E-state index in [4.69, 9.17) is 0 Å². The lowest BCUT2D eigenvalue weighted by Crippen LogP contribution is -2.36. The number of hydrogen-bond acceptors (Lipinski definition) is 3. The van der Waals surface area contributed by atoms with Crippen molar-refractivity contribution in [2.24, 2.45) is 4.99 Å². The fourth-order valence-electron chi connectivity index (χ4n) is 1.80. The molecule has 3 heterocycles. The molecule has 2 N–H and O–H groups in total. The van der Waals surface area contributed by atoms with Crippen LogP contribution in [0.5, 0.6) is 0 Å². The largest absolute Gasteiger partial charge is 0.343 e. The number of nitrogens with one attached hydrogen (secondary N) is 2. The van der Waals surface area contributed by atoms with Crippen LogP contribution in [0.3, 0.4) is 0 Å². The van der Waals surface area contributed by atoms with E-state index >= 15 is 0 Å². The Morgan fingerprint density at radius 1 is 1.29 bits per heavy atom. The van der Waals surface area contributed by atoms with Gasteiger partial charge in [0.2, 0.25) is 6.34 Å². The van der Waals surface area contributed by atoms with Gasteiger partial charge in [0.15, 0.2) is 0 Å². The van der Waals surface area contributed by atoms with Crippen molar-refractivity contribution in [2.45, 2.75) is 6.92 Å². The zero-order chi connectivity index (χ0) is 11.9. The van der Waals surface area contributed by atoms with Crippen LogP contribution in [0.25, 0.3) is 5.70 Å². The Balaban J connectivity index is 2.00. The molecule has 0 saturated carbocycles. The topological polar surface area (TPSA) is 69.7 Å². The van der Waals surface area contributed by atoms with E-state index in [0.717, 1.165) is 23.0 Å². The molecule has 0 saturated heterocycles. The monoisotopic (exact) mass is 229 g/mol. The molecule has 2 aromatic rings. The van der Waals surface area contributed by atoms with Gasteiger partial charge < -0.3 is 4.98 Å². The Bertz CT molecular complexity index is 591. The van der Waals surface area contributed by atoms with Crippen molar-refractivity contribution < 1.29 is 0 Å². The minimum atomic E-state index is 0.433. The number of nitrogens with zero attached hydrogens (tertiary/aromatic N) is 4. The molecule has 0 aliphatic carbocycles. The number of aromatic nitrogens is 4. The lowest BCUT2D eigenvalue weighted by atomic mass is 10.3. The van der Waals surface area contributed by atoms with Crippen LogP contribution in [-0.2, 0) is 0 Å². The SMILES string of the molecule is Cc1cnc([N+]2(C)C=NC(c3cnc[nH]3)=C2)[nH]1. The van der Waals surface area contributed by atoms with Crippen LogP contribution in [0.1, 0.15) is 11.4 Å². The average Bonchev–Trinajstić information content (AvgIpc) is 2.96. The van der Waals surface area contributed by atoms with Gasteiger partial charge in [-0.3, -0.25) is 4.98 Å². The number of imidazole rings is 2. The van der Waals surface area contributed by atoms with Gasteiger partial charge in [-0.1, -0.05) is 0 Å². The second kappa shape index (κ2) is 3.39. The maximum Gasteiger partial charge on any atom is 0.317 e. The fraction of sp³-hybridized carbons (Fsp3) is 0.182. The van der Waals surface area contributed by atoms with Crippen LogP contribution in [0.4, 0.5) is 5.95 Å². The summed E-state index contributed by atoms with van der Waals surface area (Å²) in [4.78, 5) is 19.0. The van der Waals surface area contributed by atoms with E-state index in [2.05, 4.69) is 24.9 Å². The zero-order valence-corrected chi connectivity index (χ0v) is 9.68. The van der Waals surface area contributed by atoms with Crippen LogP contribution in [0.2, 0.25) is 0 Å². The fourth-order valence-corrected chi connectivity index (χ4v) is 1.80. The first-order valence-corrected chi connectivity index (χ1v) is 5.32. The van der Waals surface area contributed by atoms with E-state index in [1.54, 1.807) is 12.5 Å². The lowest BCUT2D eigenvalue weighted by Gasteiger charge is -2.16. The smallest absolute Gasteiger partial charge is 0.317 e. The van der Waals surface area contributed by atoms with Crippen LogP contribution >= 0.6 is 0 Å². The van der Waals surface area contributed by atoms with Crippen LogP contribution in [0, 0.1) is 6.92 Å². The van der Waals surface area contributed by atoms with Gasteiger partial charge in [0.25, 0.3) is 0 Å². The van der Waals surface area contributed by atoms with E-state index in [0.29, 0.717) is 4.48 Å². The number of aryl methyl sites for hydroxylation is 1. The summed E-state index contributed by atoms with van der Waals surface area (Å²) in [5.74, 6) is 0.848. The Hall–Kier alpha value is -2.21. The molecule has 3 rings (SSSR count). The molecule has 1 unspecified atom stereocenters. The van der Waals surface area contributed by atoms with Crippen molar-refractivity contribution in [3.8, 4) is 0 Å². The summed E-state index contributed by atoms with van der Waals surface area (Å²) in [7, 11) is 2.02. The summed E-state index contributed by atoms with van der Waals surface area (Å²) in [5, 5.41) is 0. The first-order chi connectivity index (χ1) is 8.17. The third-order valence-electron chi connectivity index (χ3n) is 2.75. The standard InChI is InChI=1S/C11H13N6/c1-8-3-13-11(16-8)17(2)5-10(15-7-17)9-4-12-6-14-9/h3-7H,1-2H3,(H,12,14)(H,13,16)/q+1. The number of H-pyrrole nitrogens is 2. The number of hydrogen-bond donors (Lipinski definition) is 2. The molecule has 6 heteroatoms. The van der Waals surface area contributed by atoms with E-state index in [1.165, 1.54) is 0 Å². The predicted octanol–water partition coefficient (Wildman–Crippen LogP) is 1.42. The molecule has 0 aromatic carbocycles. The molecule has 86 valence electrons. The third-order valence-corrected chi connectivity index (χ3v) is 2.75. The minimum absolute atomic E-state index is 0.433. The van der Waals surface area contributed by atoms with Gasteiger partial charge in [-0.25, -0.2) is 4.98 Å². The molecule has 2 aromatic heterocycles. The van der Waals surface area contributed by atoms with E-state index in [9.17, 15) is 0 Å². The number of aliphatic imine (C=N–C) groups is 1. The van der Waals surface area contributed by atoms with E-state index < -0.39 is 0 Å². The van der Waals surface area contributed by atoms with Crippen molar-refractivity contribution in [3.05, 3.63) is 36.3 Å². The van der Waals surface area contributed by atoms with Gasteiger partial charge in [-0.2, -0.15) is 14.5 Å². The second-order valence-electron chi connectivity index (χ2n) is 4.26. The summed E-state index contributed by atoms with van der Waals surface area (Å²) < 4.78 is 0.433. The molecular weight excluding hydrogens is 216 g/mol. The molecule has 1 aliphatic heterocycles. The Morgan fingerprint density at radius 2 is 2.18 bits per heavy atom. The van der Waals surface area contributed by atoms with Crippen molar-refractivity contribution in [1.29, 1.82) is 0 Å². The minimum Gasteiger partial charge on any atom is -0.343 e. The molecule has 0 fully saturated rings. The second-order valence-corrected chi connectivity index (χ2v) is 4.26. The quantitative estimate of drug-likeness (QED) is 0.764. The summed E-state index contributed by atoms with van der Waals surface area (Å²) in [5.41, 5.74) is 2.82. The van der Waals surface area contributed by atoms with Crippen molar-refractivity contribution >= 4 is 18.0 Å². The maximum absolute atomic E-state index is 4.39. The van der Waals surface area contributed by atoms with E-state index in [1.807, 2.05) is 32.7 Å².